The van der Waals surface area contributed by atoms with Gasteiger partial charge in [0.15, 0.2) is 18.8 Å². The average molecular weight is 646 g/mol. The molecule has 3 aromatic carbocycles. The Morgan fingerprint density at radius 1 is 0.935 bits per heavy atom. The number of nitrogens with zero attached hydrogens (tertiary/aromatic N) is 2. The average Bonchev–Trinajstić information content (AvgIpc) is 3.10. The zero-order valence-electron chi connectivity index (χ0n) is 25.4. The Morgan fingerprint density at radius 3 is 2.35 bits per heavy atom. The molecule has 1 N–H and O–H groups in total. The SMILES string of the molecule is Cc1c(F)c(F)c(C(=O)O)c(C2=C3C=CC(=[N+]4CCCCC4)C=C3P(=O)(c3ccccc3)c3cc(N4CCOCC4)ccc32)c1F. The van der Waals surface area contributed by atoms with Crippen LogP contribution in [0.25, 0.3) is 5.57 Å². The van der Waals surface area contributed by atoms with Crippen LogP contribution >= 0.6 is 7.14 Å². The third kappa shape index (κ3) is 4.79. The van der Waals surface area contributed by atoms with Crippen LogP contribution in [0.5, 0.6) is 0 Å². The number of piperidine rings is 1. The predicted molar refractivity (Wildman–Crippen MR) is 173 cm³/mol. The van der Waals surface area contributed by atoms with E-state index in [2.05, 4.69) is 9.48 Å². The molecule has 4 aliphatic rings. The van der Waals surface area contributed by atoms with E-state index in [1.807, 2.05) is 42.5 Å². The lowest BCUT2D eigenvalue weighted by atomic mass is 9.85. The van der Waals surface area contributed by atoms with Gasteiger partial charge in [-0.2, -0.15) is 0 Å². The molecular weight excluding hydrogens is 612 g/mol. The molecule has 2 fully saturated rings. The molecule has 1 unspecified atom stereocenters. The maximum absolute atomic E-state index is 16.3. The summed E-state index contributed by atoms with van der Waals surface area (Å²) in [6.07, 6.45) is 8.59. The molecule has 0 radical (unpaired) electrons. The van der Waals surface area contributed by atoms with Gasteiger partial charge < -0.3 is 19.3 Å². The maximum Gasteiger partial charge on any atom is 0.339 e. The minimum Gasteiger partial charge on any atom is -0.478 e. The third-order valence-electron chi connectivity index (χ3n) is 9.40. The topological polar surface area (TPSA) is 69.8 Å². The van der Waals surface area contributed by atoms with E-state index in [1.54, 1.807) is 24.3 Å². The normalized spacial score (nSPS) is 21.2. The lowest BCUT2D eigenvalue weighted by Crippen LogP contribution is -2.37. The number of carboxylic acid groups (broad SMARTS) is 1. The smallest absolute Gasteiger partial charge is 0.339 e. The summed E-state index contributed by atoms with van der Waals surface area (Å²) in [6.45, 7) is 5.00. The number of aromatic carboxylic acids is 1. The quantitative estimate of drug-likeness (QED) is 0.209. The Bertz CT molecular complexity index is 1950. The summed E-state index contributed by atoms with van der Waals surface area (Å²) in [4.78, 5) is 14.6. The van der Waals surface area contributed by atoms with Crippen molar-refractivity contribution in [2.45, 2.75) is 26.2 Å². The number of halogens is 3. The van der Waals surface area contributed by atoms with Crippen molar-refractivity contribution >= 4 is 40.7 Å². The zero-order chi connectivity index (χ0) is 32.2. The van der Waals surface area contributed by atoms with Gasteiger partial charge in [-0.15, -0.1) is 0 Å². The fourth-order valence-corrected chi connectivity index (χ4v) is 10.1. The summed E-state index contributed by atoms with van der Waals surface area (Å²) in [5.41, 5.74) is 0.0657. The molecular formula is C36H33F3N2O4P+. The van der Waals surface area contributed by atoms with Crippen molar-refractivity contribution in [1.29, 1.82) is 0 Å². The number of allylic oxidation sites excluding steroid dienone is 5. The van der Waals surface area contributed by atoms with Gasteiger partial charge in [0, 0.05) is 76.4 Å². The highest BCUT2D eigenvalue weighted by molar-refractivity contribution is 7.83. The number of rotatable bonds is 4. The molecule has 0 amide bonds. The molecule has 0 aromatic heterocycles. The molecule has 0 spiro atoms. The molecule has 7 rings (SSSR count). The van der Waals surface area contributed by atoms with E-state index in [0.29, 0.717) is 53.4 Å². The monoisotopic (exact) mass is 645 g/mol. The van der Waals surface area contributed by atoms with Crippen molar-refractivity contribution in [2.75, 3.05) is 44.3 Å². The van der Waals surface area contributed by atoms with E-state index in [0.717, 1.165) is 50.7 Å². The lowest BCUT2D eigenvalue weighted by molar-refractivity contribution is -0.535. The number of anilines is 1. The van der Waals surface area contributed by atoms with E-state index < -0.39 is 47.3 Å². The van der Waals surface area contributed by atoms with Crippen LogP contribution in [0.2, 0.25) is 0 Å². The molecule has 1 aliphatic carbocycles. The first-order valence-corrected chi connectivity index (χ1v) is 17.2. The van der Waals surface area contributed by atoms with E-state index >= 15 is 13.3 Å². The van der Waals surface area contributed by atoms with Crippen molar-refractivity contribution in [3.8, 4) is 0 Å². The number of carbonyl (C=O) groups is 1. The summed E-state index contributed by atoms with van der Waals surface area (Å²) >= 11 is 0. The molecule has 2 saturated heterocycles. The van der Waals surface area contributed by atoms with Gasteiger partial charge in [-0.25, -0.2) is 22.5 Å². The van der Waals surface area contributed by atoms with Crippen molar-refractivity contribution in [3.63, 3.8) is 0 Å². The third-order valence-corrected chi connectivity index (χ3v) is 12.5. The van der Waals surface area contributed by atoms with Gasteiger partial charge >= 0.3 is 5.97 Å². The minimum absolute atomic E-state index is 0.0722. The molecule has 0 saturated carbocycles. The second-order valence-corrected chi connectivity index (χ2v) is 14.7. The number of hydrogen-bond acceptors (Lipinski definition) is 4. The summed E-state index contributed by atoms with van der Waals surface area (Å²) < 4.78 is 70.4. The van der Waals surface area contributed by atoms with Crippen LogP contribution in [0.1, 0.15) is 46.3 Å². The van der Waals surface area contributed by atoms with Crippen molar-refractivity contribution in [3.05, 3.63) is 117 Å². The van der Waals surface area contributed by atoms with Crippen LogP contribution in [0.4, 0.5) is 18.9 Å². The number of morpholine rings is 1. The second kappa shape index (κ2) is 11.9. The van der Waals surface area contributed by atoms with Crippen LogP contribution in [0.15, 0.2) is 77.6 Å². The summed E-state index contributed by atoms with van der Waals surface area (Å²) in [5.74, 6) is -6.15. The highest BCUT2D eigenvalue weighted by Crippen LogP contribution is 2.62. The van der Waals surface area contributed by atoms with Gasteiger partial charge in [-0.1, -0.05) is 36.4 Å². The van der Waals surface area contributed by atoms with Gasteiger partial charge in [-0.3, -0.25) is 0 Å². The standard InChI is InChI=1S/C36H32F3N2O4P/c1-22-33(37)31(32(36(42)43)35(39)34(22)38)30-26-12-10-23(40-14-6-3-7-15-40)20-28(26)46(44,25-8-4-2-5-9-25)29-21-24(11-13-27(29)30)41-16-18-45-19-17-41/h2,4-5,8-13,20-21H,3,6-7,14-19H2,1H3/p+1. The number of benzene rings is 3. The van der Waals surface area contributed by atoms with Gasteiger partial charge in [0.25, 0.3) is 0 Å². The highest BCUT2D eigenvalue weighted by atomic mass is 31.2. The van der Waals surface area contributed by atoms with Gasteiger partial charge in [-0.05, 0) is 42.7 Å². The number of ether oxygens (including phenoxy) is 1. The summed E-state index contributed by atoms with van der Waals surface area (Å²) in [6, 6.07) is 14.4. The molecule has 0 bridgehead atoms. The summed E-state index contributed by atoms with van der Waals surface area (Å²) in [7, 11) is -3.69. The molecule has 46 heavy (non-hydrogen) atoms. The van der Waals surface area contributed by atoms with Crippen LogP contribution in [-0.4, -0.2) is 60.8 Å². The molecule has 3 heterocycles. The van der Waals surface area contributed by atoms with E-state index in [-0.39, 0.29) is 5.57 Å². The molecule has 10 heteroatoms. The largest absolute Gasteiger partial charge is 0.478 e. The van der Waals surface area contributed by atoms with Crippen LogP contribution in [-0.2, 0) is 9.30 Å². The first-order valence-electron chi connectivity index (χ1n) is 15.5. The first kappa shape index (κ1) is 30.5. The van der Waals surface area contributed by atoms with Gasteiger partial charge in [0.05, 0.1) is 13.2 Å². The highest BCUT2D eigenvalue weighted by Gasteiger charge is 2.45. The Balaban J connectivity index is 1.61. The van der Waals surface area contributed by atoms with E-state index in [4.69, 9.17) is 4.74 Å². The minimum atomic E-state index is -3.69. The lowest BCUT2D eigenvalue weighted by Gasteiger charge is -2.36. The Morgan fingerprint density at radius 2 is 1.65 bits per heavy atom. The van der Waals surface area contributed by atoms with Crippen molar-refractivity contribution in [1.82, 2.24) is 0 Å². The van der Waals surface area contributed by atoms with Crippen LogP contribution in [0.3, 0.4) is 0 Å². The van der Waals surface area contributed by atoms with E-state index in [1.165, 1.54) is 0 Å². The molecule has 6 nitrogen and oxygen atoms in total. The summed E-state index contributed by atoms with van der Waals surface area (Å²) in [5, 5.41) is 11.5. The number of hydrogen-bond donors (Lipinski definition) is 1. The first-order chi connectivity index (χ1) is 22.2. The molecule has 3 aliphatic heterocycles. The van der Waals surface area contributed by atoms with Gasteiger partial charge in [0.2, 0.25) is 5.71 Å². The maximum atomic E-state index is 16.3. The molecule has 1 atom stereocenters. The van der Waals surface area contributed by atoms with Crippen molar-refractivity contribution in [2.24, 2.45) is 0 Å². The van der Waals surface area contributed by atoms with Crippen LogP contribution < -0.4 is 15.5 Å². The number of carboxylic acids is 1. The fourth-order valence-electron chi connectivity index (χ4n) is 7.02. The Hall–Kier alpha value is -4.20. The number of fused-ring (bicyclic) bond motifs is 2. The Kier molecular flexibility index (Phi) is 7.86. The van der Waals surface area contributed by atoms with Gasteiger partial charge in [0.1, 0.15) is 24.5 Å². The fraction of sp³-hybridized carbons (Fsp3) is 0.278. The van der Waals surface area contributed by atoms with E-state index in [9.17, 15) is 14.3 Å². The van der Waals surface area contributed by atoms with Crippen molar-refractivity contribution < 1.29 is 36.9 Å². The molecule has 236 valence electrons. The second-order valence-electron chi connectivity index (χ2n) is 12.0. The zero-order valence-corrected chi connectivity index (χ0v) is 26.3. The predicted octanol–water partition coefficient (Wildman–Crippen LogP) is 6.17. The Labute approximate surface area is 265 Å². The molecule has 3 aromatic rings. The van der Waals surface area contributed by atoms with Crippen LogP contribution in [0, 0.1) is 24.4 Å².